The summed E-state index contributed by atoms with van der Waals surface area (Å²) >= 11 is 0. The molecule has 0 bridgehead atoms. The predicted octanol–water partition coefficient (Wildman–Crippen LogP) is 3.48. The summed E-state index contributed by atoms with van der Waals surface area (Å²) in [6, 6.07) is 10.6. The number of nitrogens with one attached hydrogen (secondary N) is 1. The molecule has 6 nitrogen and oxygen atoms in total. The molecule has 3 heterocycles. The van der Waals surface area contributed by atoms with Gasteiger partial charge in [-0.05, 0) is 55.0 Å². The maximum atomic E-state index is 13.3. The Kier molecular flexibility index (Phi) is 4.41. The van der Waals surface area contributed by atoms with Crippen LogP contribution in [0.25, 0.3) is 16.7 Å². The fourth-order valence-corrected chi connectivity index (χ4v) is 2.92. The fourth-order valence-electron chi connectivity index (χ4n) is 2.92. The van der Waals surface area contributed by atoms with E-state index in [9.17, 15) is 14.0 Å². The molecule has 0 aliphatic heterocycles. The van der Waals surface area contributed by atoms with Crippen molar-refractivity contribution in [3.05, 3.63) is 94.4 Å². The summed E-state index contributed by atoms with van der Waals surface area (Å²) in [6.45, 7) is 1.81. The van der Waals surface area contributed by atoms with Gasteiger partial charge in [-0.1, -0.05) is 0 Å². The quantitative estimate of drug-likeness (QED) is 0.596. The van der Waals surface area contributed by atoms with E-state index < -0.39 is 11.3 Å². The first kappa shape index (κ1) is 17.5. The average Bonchev–Trinajstić information content (AvgIpc) is 2.71. The number of hydrogen-bond donors (Lipinski definition) is 1. The van der Waals surface area contributed by atoms with Crippen molar-refractivity contribution in [2.45, 2.75) is 6.92 Å². The topological polar surface area (TPSA) is 76.9 Å². The molecular formula is C21H15FN4O2. The number of amides is 1. The largest absolute Gasteiger partial charge is 0.321 e. The third-order valence-corrected chi connectivity index (χ3v) is 4.38. The van der Waals surface area contributed by atoms with E-state index in [2.05, 4.69) is 15.3 Å². The van der Waals surface area contributed by atoms with Crippen molar-refractivity contribution in [1.82, 2.24) is 14.5 Å². The van der Waals surface area contributed by atoms with Crippen LogP contribution in [0.4, 0.5) is 10.1 Å². The molecular weight excluding hydrogens is 359 g/mol. The van der Waals surface area contributed by atoms with Crippen molar-refractivity contribution in [1.29, 1.82) is 0 Å². The Labute approximate surface area is 159 Å². The lowest BCUT2D eigenvalue weighted by Gasteiger charge is -2.13. The molecule has 4 aromatic rings. The molecule has 0 aliphatic carbocycles. The molecule has 1 aromatic carbocycles. The van der Waals surface area contributed by atoms with Gasteiger partial charge in [-0.15, -0.1) is 0 Å². The number of aryl methyl sites for hydroxylation is 1. The van der Waals surface area contributed by atoms with E-state index in [0.717, 1.165) is 5.56 Å². The number of carbonyl (C=O) groups excluding carboxylic acids is 1. The molecule has 0 unspecified atom stereocenters. The maximum absolute atomic E-state index is 13.3. The van der Waals surface area contributed by atoms with E-state index >= 15 is 0 Å². The monoisotopic (exact) mass is 374 g/mol. The summed E-state index contributed by atoms with van der Waals surface area (Å²) in [5.74, 6) is -0.922. The highest BCUT2D eigenvalue weighted by molar-refractivity contribution is 6.06. The van der Waals surface area contributed by atoms with E-state index in [4.69, 9.17) is 0 Å². The van der Waals surface area contributed by atoms with Crippen LogP contribution in [0.1, 0.15) is 15.9 Å². The number of fused-ring (bicyclic) bond motifs is 1. The Hall–Kier alpha value is -3.87. The first-order chi connectivity index (χ1) is 13.5. The Morgan fingerprint density at radius 1 is 1.11 bits per heavy atom. The molecule has 0 fully saturated rings. The summed E-state index contributed by atoms with van der Waals surface area (Å²) in [6.07, 6.45) is 6.17. The third kappa shape index (κ3) is 3.14. The summed E-state index contributed by atoms with van der Waals surface area (Å²) in [5.41, 5.74) is 1.85. The normalized spacial score (nSPS) is 10.8. The van der Waals surface area contributed by atoms with E-state index in [-0.39, 0.29) is 11.4 Å². The van der Waals surface area contributed by atoms with Crippen molar-refractivity contribution in [2.24, 2.45) is 0 Å². The molecule has 0 radical (unpaired) electrons. The van der Waals surface area contributed by atoms with Crippen LogP contribution in [0, 0.1) is 12.7 Å². The summed E-state index contributed by atoms with van der Waals surface area (Å²) in [4.78, 5) is 34.0. The minimum Gasteiger partial charge on any atom is -0.321 e. The van der Waals surface area contributed by atoms with Gasteiger partial charge >= 0.3 is 0 Å². The van der Waals surface area contributed by atoms with Gasteiger partial charge in [0.2, 0.25) is 5.43 Å². The van der Waals surface area contributed by atoms with E-state index in [1.807, 2.05) is 6.92 Å². The molecule has 1 N–H and O–H groups in total. The number of aromatic nitrogens is 3. The van der Waals surface area contributed by atoms with Crippen LogP contribution in [-0.2, 0) is 0 Å². The van der Waals surface area contributed by atoms with Gasteiger partial charge in [0.1, 0.15) is 17.0 Å². The standard InChI is InChI=1S/C21H15FN4O2/c1-13-11-23-10-8-18(13)25-21(28)17-12-26(15-6-4-14(22)5-7-15)20-16(19(17)27)3-2-9-24-20/h2-12H,1H3,(H,23,25,28). The zero-order valence-electron chi connectivity index (χ0n) is 14.9. The highest BCUT2D eigenvalue weighted by Crippen LogP contribution is 2.18. The average molecular weight is 374 g/mol. The zero-order chi connectivity index (χ0) is 19.7. The maximum Gasteiger partial charge on any atom is 0.261 e. The lowest BCUT2D eigenvalue weighted by Crippen LogP contribution is -2.24. The first-order valence-corrected chi connectivity index (χ1v) is 8.53. The predicted molar refractivity (Wildman–Crippen MR) is 104 cm³/mol. The van der Waals surface area contributed by atoms with Crippen molar-refractivity contribution in [2.75, 3.05) is 5.32 Å². The van der Waals surface area contributed by atoms with Crippen LogP contribution in [0.2, 0.25) is 0 Å². The number of halogens is 1. The molecule has 28 heavy (non-hydrogen) atoms. The Bertz CT molecular complexity index is 1250. The number of carbonyl (C=O) groups is 1. The van der Waals surface area contributed by atoms with E-state index in [1.54, 1.807) is 53.5 Å². The van der Waals surface area contributed by atoms with Gasteiger partial charge in [0.25, 0.3) is 5.91 Å². The Balaban J connectivity index is 1.88. The molecule has 1 amide bonds. The third-order valence-electron chi connectivity index (χ3n) is 4.38. The van der Waals surface area contributed by atoms with Gasteiger partial charge in [-0.25, -0.2) is 9.37 Å². The molecule has 0 atom stereocenters. The van der Waals surface area contributed by atoms with Gasteiger partial charge < -0.3 is 9.88 Å². The molecule has 0 saturated carbocycles. The summed E-state index contributed by atoms with van der Waals surface area (Å²) in [7, 11) is 0. The minimum atomic E-state index is -0.541. The SMILES string of the molecule is Cc1cnccc1NC(=O)c1cn(-c2ccc(F)cc2)c2ncccc2c1=O. The molecule has 7 heteroatoms. The molecule has 0 aliphatic rings. The minimum absolute atomic E-state index is 0.0407. The van der Waals surface area contributed by atoms with Gasteiger partial charge in [0, 0.05) is 36.2 Å². The van der Waals surface area contributed by atoms with Crippen molar-refractivity contribution in [3.8, 4) is 5.69 Å². The zero-order valence-corrected chi connectivity index (χ0v) is 14.9. The fraction of sp³-hybridized carbons (Fsp3) is 0.0476. The van der Waals surface area contributed by atoms with Crippen molar-refractivity contribution in [3.63, 3.8) is 0 Å². The van der Waals surface area contributed by atoms with Crippen molar-refractivity contribution < 1.29 is 9.18 Å². The second kappa shape index (κ2) is 7.03. The van der Waals surface area contributed by atoms with Crippen LogP contribution in [0.5, 0.6) is 0 Å². The number of hydrogen-bond acceptors (Lipinski definition) is 4. The lowest BCUT2D eigenvalue weighted by atomic mass is 10.1. The van der Waals surface area contributed by atoms with Crippen LogP contribution >= 0.6 is 0 Å². The second-order valence-electron chi connectivity index (χ2n) is 6.24. The van der Waals surface area contributed by atoms with Gasteiger partial charge in [-0.2, -0.15) is 0 Å². The van der Waals surface area contributed by atoms with Crippen LogP contribution in [0.3, 0.4) is 0 Å². The highest BCUT2D eigenvalue weighted by atomic mass is 19.1. The number of rotatable bonds is 3. The number of pyridine rings is 3. The van der Waals surface area contributed by atoms with Crippen LogP contribution in [-0.4, -0.2) is 20.4 Å². The van der Waals surface area contributed by atoms with Gasteiger partial charge in [0.15, 0.2) is 0 Å². The smallest absolute Gasteiger partial charge is 0.261 e. The van der Waals surface area contributed by atoms with Crippen LogP contribution in [0.15, 0.2) is 72.0 Å². The van der Waals surface area contributed by atoms with E-state index in [0.29, 0.717) is 22.4 Å². The van der Waals surface area contributed by atoms with Crippen LogP contribution < -0.4 is 10.7 Å². The number of anilines is 1. The molecule has 3 aromatic heterocycles. The van der Waals surface area contributed by atoms with E-state index in [1.165, 1.54) is 18.3 Å². The Morgan fingerprint density at radius 2 is 1.89 bits per heavy atom. The lowest BCUT2D eigenvalue weighted by molar-refractivity contribution is 0.102. The highest BCUT2D eigenvalue weighted by Gasteiger charge is 2.17. The second-order valence-corrected chi connectivity index (χ2v) is 6.24. The summed E-state index contributed by atoms with van der Waals surface area (Å²) < 4.78 is 14.9. The number of benzene rings is 1. The Morgan fingerprint density at radius 3 is 2.64 bits per heavy atom. The van der Waals surface area contributed by atoms with Gasteiger partial charge in [-0.3, -0.25) is 14.6 Å². The summed E-state index contributed by atoms with van der Waals surface area (Å²) in [5, 5.41) is 3.04. The first-order valence-electron chi connectivity index (χ1n) is 8.53. The number of nitrogens with zero attached hydrogens (tertiary/aromatic N) is 3. The molecule has 0 spiro atoms. The van der Waals surface area contributed by atoms with Gasteiger partial charge in [0.05, 0.1) is 5.39 Å². The van der Waals surface area contributed by atoms with Crippen molar-refractivity contribution >= 4 is 22.6 Å². The molecule has 0 saturated heterocycles. The molecule has 4 rings (SSSR count). The molecule has 138 valence electrons.